The van der Waals surface area contributed by atoms with Crippen molar-refractivity contribution in [3.05, 3.63) is 29.3 Å². The lowest BCUT2D eigenvalue weighted by Gasteiger charge is -2.23. The van der Waals surface area contributed by atoms with Crippen molar-refractivity contribution in [2.45, 2.75) is 50.5 Å². The lowest BCUT2D eigenvalue weighted by Crippen LogP contribution is -2.37. The van der Waals surface area contributed by atoms with Gasteiger partial charge >= 0.3 is 0 Å². The molecule has 0 saturated carbocycles. The SMILES string of the molecule is Cc1ccc(C)c(S(=O)(=O)NCCC2CCCCN2)c1. The van der Waals surface area contributed by atoms with Crippen LogP contribution in [0.15, 0.2) is 23.1 Å². The normalized spacial score (nSPS) is 20.0. The van der Waals surface area contributed by atoms with Gasteiger partial charge in [-0.25, -0.2) is 13.1 Å². The van der Waals surface area contributed by atoms with Crippen molar-refractivity contribution in [2.75, 3.05) is 13.1 Å². The highest BCUT2D eigenvalue weighted by Crippen LogP contribution is 2.17. The summed E-state index contributed by atoms with van der Waals surface area (Å²) in [6, 6.07) is 5.97. The van der Waals surface area contributed by atoms with E-state index in [4.69, 9.17) is 0 Å². The molecule has 1 atom stereocenters. The molecule has 1 heterocycles. The van der Waals surface area contributed by atoms with Crippen molar-refractivity contribution in [3.8, 4) is 0 Å². The van der Waals surface area contributed by atoms with Crippen molar-refractivity contribution in [3.63, 3.8) is 0 Å². The summed E-state index contributed by atoms with van der Waals surface area (Å²) in [6.45, 7) is 5.28. The molecule has 20 heavy (non-hydrogen) atoms. The molecule has 0 bridgehead atoms. The molecule has 1 fully saturated rings. The number of benzene rings is 1. The zero-order chi connectivity index (χ0) is 14.6. The van der Waals surface area contributed by atoms with Gasteiger partial charge < -0.3 is 5.32 Å². The van der Waals surface area contributed by atoms with Gasteiger partial charge in [0.1, 0.15) is 0 Å². The number of piperidine rings is 1. The van der Waals surface area contributed by atoms with Crippen LogP contribution >= 0.6 is 0 Å². The Bertz CT molecular complexity index is 549. The highest BCUT2D eigenvalue weighted by Gasteiger charge is 2.18. The summed E-state index contributed by atoms with van der Waals surface area (Å²) in [4.78, 5) is 0.397. The van der Waals surface area contributed by atoms with Crippen LogP contribution in [0.4, 0.5) is 0 Å². The largest absolute Gasteiger partial charge is 0.314 e. The monoisotopic (exact) mass is 296 g/mol. The Kier molecular flexibility index (Phi) is 5.18. The zero-order valence-corrected chi connectivity index (χ0v) is 13.1. The molecule has 5 heteroatoms. The van der Waals surface area contributed by atoms with Gasteiger partial charge in [0, 0.05) is 12.6 Å². The fraction of sp³-hybridized carbons (Fsp3) is 0.600. The van der Waals surface area contributed by atoms with E-state index in [2.05, 4.69) is 10.0 Å². The van der Waals surface area contributed by atoms with Gasteiger partial charge in [-0.3, -0.25) is 0 Å². The van der Waals surface area contributed by atoms with E-state index in [9.17, 15) is 8.42 Å². The summed E-state index contributed by atoms with van der Waals surface area (Å²) in [5.41, 5.74) is 1.75. The first-order chi connectivity index (χ1) is 9.49. The molecular formula is C15H24N2O2S. The highest BCUT2D eigenvalue weighted by molar-refractivity contribution is 7.89. The molecule has 112 valence electrons. The van der Waals surface area contributed by atoms with Crippen LogP contribution in [0.5, 0.6) is 0 Å². The maximum Gasteiger partial charge on any atom is 0.240 e. The molecule has 0 aromatic heterocycles. The molecule has 4 nitrogen and oxygen atoms in total. The van der Waals surface area contributed by atoms with E-state index in [0.717, 1.165) is 30.5 Å². The average molecular weight is 296 g/mol. The first-order valence-electron chi connectivity index (χ1n) is 7.29. The molecule has 1 aliphatic rings. The van der Waals surface area contributed by atoms with Crippen LogP contribution in [-0.2, 0) is 10.0 Å². The Labute approximate surface area is 122 Å². The second-order valence-electron chi connectivity index (χ2n) is 5.60. The van der Waals surface area contributed by atoms with Crippen molar-refractivity contribution in [2.24, 2.45) is 0 Å². The van der Waals surface area contributed by atoms with E-state index in [1.54, 1.807) is 6.07 Å². The third-order valence-corrected chi connectivity index (χ3v) is 5.43. The smallest absolute Gasteiger partial charge is 0.240 e. The number of nitrogens with one attached hydrogen (secondary N) is 2. The Hall–Kier alpha value is -0.910. The second kappa shape index (κ2) is 6.70. The molecule has 0 radical (unpaired) electrons. The Morgan fingerprint density at radius 3 is 2.80 bits per heavy atom. The maximum absolute atomic E-state index is 12.3. The van der Waals surface area contributed by atoms with Crippen LogP contribution in [0.1, 0.15) is 36.8 Å². The lowest BCUT2D eigenvalue weighted by molar-refractivity contribution is 0.382. The van der Waals surface area contributed by atoms with Gasteiger partial charge in [-0.2, -0.15) is 0 Å². The molecule has 0 spiro atoms. The van der Waals surface area contributed by atoms with Gasteiger partial charge in [0.25, 0.3) is 0 Å². The first kappa shape index (κ1) is 15.5. The van der Waals surface area contributed by atoms with Crippen LogP contribution in [0.3, 0.4) is 0 Å². The maximum atomic E-state index is 12.3. The zero-order valence-electron chi connectivity index (χ0n) is 12.3. The molecule has 2 rings (SSSR count). The van der Waals surface area contributed by atoms with Crippen LogP contribution < -0.4 is 10.0 Å². The van der Waals surface area contributed by atoms with E-state index in [1.165, 1.54) is 12.8 Å². The molecule has 2 N–H and O–H groups in total. The number of hydrogen-bond donors (Lipinski definition) is 2. The first-order valence-corrected chi connectivity index (χ1v) is 8.78. The lowest BCUT2D eigenvalue weighted by atomic mass is 10.0. The topological polar surface area (TPSA) is 58.2 Å². The minimum absolute atomic E-state index is 0.397. The number of sulfonamides is 1. The van der Waals surface area contributed by atoms with Gasteiger partial charge in [-0.05, 0) is 56.8 Å². The number of rotatable bonds is 5. The van der Waals surface area contributed by atoms with E-state index in [-0.39, 0.29) is 0 Å². The Balaban J connectivity index is 1.95. The quantitative estimate of drug-likeness (QED) is 0.875. The van der Waals surface area contributed by atoms with Crippen LogP contribution in [0.25, 0.3) is 0 Å². The Morgan fingerprint density at radius 1 is 1.30 bits per heavy atom. The van der Waals surface area contributed by atoms with Crippen molar-refractivity contribution in [1.29, 1.82) is 0 Å². The van der Waals surface area contributed by atoms with Gasteiger partial charge in [0.2, 0.25) is 10.0 Å². The van der Waals surface area contributed by atoms with E-state index in [0.29, 0.717) is 17.5 Å². The van der Waals surface area contributed by atoms with Crippen LogP contribution in [0, 0.1) is 13.8 Å². The minimum Gasteiger partial charge on any atom is -0.314 e. The molecule has 1 aliphatic heterocycles. The standard InChI is InChI=1S/C15H24N2O2S/c1-12-6-7-13(2)15(11-12)20(18,19)17-10-8-14-5-3-4-9-16-14/h6-7,11,14,16-17H,3-5,8-10H2,1-2H3. The van der Waals surface area contributed by atoms with Gasteiger partial charge in [0.15, 0.2) is 0 Å². The summed E-state index contributed by atoms with van der Waals surface area (Å²) >= 11 is 0. The molecule has 1 aromatic carbocycles. The molecule has 1 saturated heterocycles. The van der Waals surface area contributed by atoms with E-state index in [1.807, 2.05) is 26.0 Å². The predicted molar refractivity (Wildman–Crippen MR) is 81.4 cm³/mol. The summed E-state index contributed by atoms with van der Waals surface area (Å²) in [5.74, 6) is 0. The summed E-state index contributed by atoms with van der Waals surface area (Å²) < 4.78 is 27.4. The van der Waals surface area contributed by atoms with E-state index < -0.39 is 10.0 Å². The third kappa shape index (κ3) is 4.04. The van der Waals surface area contributed by atoms with Crippen LogP contribution in [0.2, 0.25) is 0 Å². The highest BCUT2D eigenvalue weighted by atomic mass is 32.2. The fourth-order valence-corrected chi connectivity index (χ4v) is 3.99. The van der Waals surface area contributed by atoms with E-state index >= 15 is 0 Å². The molecule has 1 unspecified atom stereocenters. The molecule has 0 amide bonds. The summed E-state index contributed by atoms with van der Waals surface area (Å²) in [6.07, 6.45) is 4.46. The summed E-state index contributed by atoms with van der Waals surface area (Å²) in [5, 5.41) is 3.43. The van der Waals surface area contributed by atoms with Gasteiger partial charge in [-0.1, -0.05) is 18.6 Å². The van der Waals surface area contributed by atoms with Gasteiger partial charge in [-0.15, -0.1) is 0 Å². The van der Waals surface area contributed by atoms with Crippen LogP contribution in [-0.4, -0.2) is 27.5 Å². The fourth-order valence-electron chi connectivity index (χ4n) is 2.61. The average Bonchev–Trinajstić information content (AvgIpc) is 2.42. The predicted octanol–water partition coefficient (Wildman–Crippen LogP) is 2.11. The minimum atomic E-state index is -3.39. The van der Waals surface area contributed by atoms with Crippen molar-refractivity contribution in [1.82, 2.24) is 10.0 Å². The molecule has 0 aliphatic carbocycles. The van der Waals surface area contributed by atoms with Gasteiger partial charge in [0.05, 0.1) is 4.90 Å². The van der Waals surface area contributed by atoms with Crippen molar-refractivity contribution < 1.29 is 8.42 Å². The number of aryl methyl sites for hydroxylation is 2. The molecular weight excluding hydrogens is 272 g/mol. The number of hydrogen-bond acceptors (Lipinski definition) is 3. The summed E-state index contributed by atoms with van der Waals surface area (Å²) in [7, 11) is -3.39. The third-order valence-electron chi connectivity index (χ3n) is 3.83. The molecule has 1 aromatic rings. The Morgan fingerprint density at radius 2 is 2.10 bits per heavy atom. The van der Waals surface area contributed by atoms with Crippen molar-refractivity contribution >= 4 is 10.0 Å². The second-order valence-corrected chi connectivity index (χ2v) is 7.34.